The molecule has 152 valence electrons. The van der Waals surface area contributed by atoms with Crippen LogP contribution >= 0.6 is 23.4 Å². The highest BCUT2D eigenvalue weighted by molar-refractivity contribution is 7.99. The summed E-state index contributed by atoms with van der Waals surface area (Å²) in [5.41, 5.74) is 3.79. The molecular weight excluding hydrogens is 418 g/mol. The molecule has 0 unspecified atom stereocenters. The highest BCUT2D eigenvalue weighted by atomic mass is 35.5. The van der Waals surface area contributed by atoms with Crippen molar-refractivity contribution in [2.75, 3.05) is 5.32 Å². The first-order valence-electron chi connectivity index (χ1n) is 9.55. The van der Waals surface area contributed by atoms with Crippen LogP contribution in [0.15, 0.2) is 64.8 Å². The third-order valence-corrected chi connectivity index (χ3v) is 6.04. The number of benzene rings is 2. The molecule has 8 heteroatoms. The van der Waals surface area contributed by atoms with Gasteiger partial charge in [-0.3, -0.25) is 4.79 Å². The normalized spacial score (nSPS) is 11.0. The Hall–Kier alpha value is -2.90. The Morgan fingerprint density at radius 2 is 1.87 bits per heavy atom. The lowest BCUT2D eigenvalue weighted by atomic mass is 10.1. The van der Waals surface area contributed by atoms with Crippen molar-refractivity contribution in [3.8, 4) is 0 Å². The van der Waals surface area contributed by atoms with Gasteiger partial charge in [0.25, 0.3) is 5.78 Å². The minimum Gasteiger partial charge on any atom is -0.326 e. The zero-order valence-electron chi connectivity index (χ0n) is 16.6. The molecule has 2 aromatic carbocycles. The van der Waals surface area contributed by atoms with Crippen molar-refractivity contribution >= 4 is 40.7 Å². The molecule has 1 amide bonds. The average Bonchev–Trinajstić information content (AvgIpc) is 3.19. The van der Waals surface area contributed by atoms with Gasteiger partial charge in [0.1, 0.15) is 11.4 Å². The summed E-state index contributed by atoms with van der Waals surface area (Å²) in [5.74, 6) is 0.526. The van der Waals surface area contributed by atoms with Crippen molar-refractivity contribution in [2.45, 2.75) is 36.6 Å². The first kappa shape index (κ1) is 20.4. The van der Waals surface area contributed by atoms with Crippen molar-refractivity contribution in [2.24, 2.45) is 0 Å². The molecule has 2 aromatic heterocycles. The van der Waals surface area contributed by atoms with Gasteiger partial charge in [0.05, 0.1) is 6.42 Å². The molecule has 0 fully saturated rings. The monoisotopic (exact) mass is 437 g/mol. The molecule has 2 heterocycles. The second-order valence-electron chi connectivity index (χ2n) is 6.78. The molecule has 0 saturated carbocycles. The predicted molar refractivity (Wildman–Crippen MR) is 119 cm³/mol. The van der Waals surface area contributed by atoms with Crippen molar-refractivity contribution in [3.63, 3.8) is 0 Å². The Labute approximate surface area is 183 Å². The third-order valence-electron chi connectivity index (χ3n) is 4.67. The molecule has 0 atom stereocenters. The molecule has 30 heavy (non-hydrogen) atoms. The second-order valence-corrected chi connectivity index (χ2v) is 8.28. The number of anilines is 1. The van der Waals surface area contributed by atoms with Crippen LogP contribution in [0.4, 0.5) is 5.69 Å². The number of hydrogen-bond acceptors (Lipinski definition) is 5. The van der Waals surface area contributed by atoms with E-state index in [1.165, 1.54) is 6.33 Å². The zero-order valence-corrected chi connectivity index (χ0v) is 18.2. The molecule has 0 radical (unpaired) electrons. The number of nitrogens with one attached hydrogen (secondary N) is 1. The van der Waals surface area contributed by atoms with E-state index >= 15 is 0 Å². The van der Waals surface area contributed by atoms with Crippen molar-refractivity contribution in [3.05, 3.63) is 76.7 Å². The number of hydrogen-bond donors (Lipinski definition) is 1. The lowest BCUT2D eigenvalue weighted by Crippen LogP contribution is -2.14. The van der Waals surface area contributed by atoms with Crippen LogP contribution in [-0.2, 0) is 17.6 Å². The molecule has 0 aliphatic carbocycles. The van der Waals surface area contributed by atoms with Gasteiger partial charge in [-0.1, -0.05) is 42.4 Å². The number of halogens is 1. The van der Waals surface area contributed by atoms with Crippen LogP contribution in [0.1, 0.15) is 23.7 Å². The van der Waals surface area contributed by atoms with Crippen molar-refractivity contribution in [1.82, 2.24) is 19.6 Å². The van der Waals surface area contributed by atoms with Crippen LogP contribution in [0.25, 0.3) is 5.78 Å². The molecule has 4 rings (SSSR count). The SMILES string of the molecule is CCc1c(C)nc2ncnn2c1Sc1ccc(NC(=O)Cc2ccc(Cl)cc2)cc1. The van der Waals surface area contributed by atoms with E-state index in [9.17, 15) is 4.79 Å². The molecule has 0 saturated heterocycles. The van der Waals surface area contributed by atoms with Gasteiger partial charge in [0.15, 0.2) is 0 Å². The van der Waals surface area contributed by atoms with Crippen LogP contribution in [0.2, 0.25) is 5.02 Å². The number of carbonyl (C=O) groups excluding carboxylic acids is 1. The standard InChI is InChI=1S/C22H20ClN5OS/c1-3-19-14(2)26-22-24-13-25-28(22)21(19)30-18-10-8-17(9-11-18)27-20(29)12-15-4-6-16(23)7-5-15/h4-11,13H,3,12H2,1-2H3,(H,27,29). The van der Waals surface area contributed by atoms with Gasteiger partial charge in [-0.15, -0.1) is 0 Å². The minimum atomic E-state index is -0.0694. The zero-order chi connectivity index (χ0) is 21.1. The molecule has 0 bridgehead atoms. The summed E-state index contributed by atoms with van der Waals surface area (Å²) in [7, 11) is 0. The number of fused-ring (bicyclic) bond motifs is 1. The minimum absolute atomic E-state index is 0.0694. The summed E-state index contributed by atoms with van der Waals surface area (Å²) in [6.45, 7) is 4.10. The van der Waals surface area contributed by atoms with Gasteiger partial charge in [-0.05, 0) is 55.3 Å². The predicted octanol–water partition coefficient (Wildman–Crippen LogP) is 4.98. The summed E-state index contributed by atoms with van der Waals surface area (Å²) >= 11 is 7.50. The summed E-state index contributed by atoms with van der Waals surface area (Å²) in [6.07, 6.45) is 2.68. The summed E-state index contributed by atoms with van der Waals surface area (Å²) in [4.78, 5) is 22.1. The molecule has 0 aliphatic rings. The van der Waals surface area contributed by atoms with E-state index in [1.54, 1.807) is 28.4 Å². The van der Waals surface area contributed by atoms with Crippen molar-refractivity contribution in [1.29, 1.82) is 0 Å². The van der Waals surface area contributed by atoms with Crippen molar-refractivity contribution < 1.29 is 4.79 Å². The number of carbonyl (C=O) groups is 1. The fraction of sp³-hybridized carbons (Fsp3) is 0.182. The fourth-order valence-corrected chi connectivity index (χ4v) is 4.43. The van der Waals surface area contributed by atoms with Gasteiger partial charge in [0, 0.05) is 26.9 Å². The van der Waals surface area contributed by atoms with E-state index in [1.807, 2.05) is 43.3 Å². The van der Waals surface area contributed by atoms with E-state index < -0.39 is 0 Å². The molecule has 6 nitrogen and oxygen atoms in total. The topological polar surface area (TPSA) is 72.2 Å². The first-order valence-corrected chi connectivity index (χ1v) is 10.7. The van der Waals surface area contributed by atoms with E-state index in [4.69, 9.17) is 11.6 Å². The molecule has 1 N–H and O–H groups in total. The fourth-order valence-electron chi connectivity index (χ4n) is 3.18. The van der Waals surface area contributed by atoms with Gasteiger partial charge >= 0.3 is 0 Å². The van der Waals surface area contributed by atoms with E-state index in [2.05, 4.69) is 27.3 Å². The molecule has 0 aliphatic heterocycles. The smallest absolute Gasteiger partial charge is 0.253 e. The summed E-state index contributed by atoms with van der Waals surface area (Å²) < 4.78 is 1.78. The lowest BCUT2D eigenvalue weighted by molar-refractivity contribution is -0.115. The van der Waals surface area contributed by atoms with E-state index in [-0.39, 0.29) is 5.91 Å². The average molecular weight is 438 g/mol. The van der Waals surface area contributed by atoms with Gasteiger partial charge in [-0.2, -0.15) is 14.6 Å². The number of nitrogens with zero attached hydrogens (tertiary/aromatic N) is 4. The van der Waals surface area contributed by atoms with Gasteiger partial charge in [0.2, 0.25) is 5.91 Å². The maximum atomic E-state index is 12.3. The van der Waals surface area contributed by atoms with Gasteiger partial charge in [-0.25, -0.2) is 4.98 Å². The molecular formula is C22H20ClN5OS. The Morgan fingerprint density at radius 3 is 2.57 bits per heavy atom. The largest absolute Gasteiger partial charge is 0.326 e. The number of aromatic nitrogens is 4. The highest BCUT2D eigenvalue weighted by Crippen LogP contribution is 2.32. The Bertz CT molecular complexity index is 1190. The molecule has 4 aromatic rings. The quantitative estimate of drug-likeness (QED) is 0.430. The van der Waals surface area contributed by atoms with Crippen LogP contribution < -0.4 is 5.32 Å². The Morgan fingerprint density at radius 1 is 1.13 bits per heavy atom. The second kappa shape index (κ2) is 8.85. The Balaban J connectivity index is 1.48. The number of aryl methyl sites for hydroxylation is 1. The summed E-state index contributed by atoms with van der Waals surface area (Å²) in [5, 5.41) is 8.93. The van der Waals surface area contributed by atoms with Crippen LogP contribution in [0.3, 0.4) is 0 Å². The maximum Gasteiger partial charge on any atom is 0.253 e. The highest BCUT2D eigenvalue weighted by Gasteiger charge is 2.14. The third kappa shape index (κ3) is 4.47. The number of amides is 1. The lowest BCUT2D eigenvalue weighted by Gasteiger charge is -2.12. The number of rotatable bonds is 6. The van der Waals surface area contributed by atoms with E-state index in [0.29, 0.717) is 17.2 Å². The maximum absolute atomic E-state index is 12.3. The van der Waals surface area contributed by atoms with Crippen LogP contribution in [0.5, 0.6) is 0 Å². The van der Waals surface area contributed by atoms with Crippen LogP contribution in [-0.4, -0.2) is 25.5 Å². The van der Waals surface area contributed by atoms with E-state index in [0.717, 1.165) is 38.9 Å². The molecule has 0 spiro atoms. The van der Waals surface area contributed by atoms with Gasteiger partial charge < -0.3 is 5.32 Å². The Kier molecular flexibility index (Phi) is 6.01. The van der Waals surface area contributed by atoms with Crippen LogP contribution in [0, 0.1) is 6.92 Å². The summed E-state index contributed by atoms with van der Waals surface area (Å²) in [6, 6.07) is 15.1. The first-order chi connectivity index (χ1) is 14.5.